The van der Waals surface area contributed by atoms with Crippen molar-refractivity contribution in [1.82, 2.24) is 29.1 Å². The van der Waals surface area contributed by atoms with Crippen LogP contribution in [0.25, 0.3) is 21.9 Å². The van der Waals surface area contributed by atoms with Crippen LogP contribution in [0.15, 0.2) is 9.59 Å². The second-order valence-corrected chi connectivity index (χ2v) is 4.76. The zero-order chi connectivity index (χ0) is 13.6. The summed E-state index contributed by atoms with van der Waals surface area (Å²) in [6.07, 6.45) is 0.720. The lowest BCUT2D eigenvalue weighted by atomic mass is 10.3. The Balaban J connectivity index is 2.34. The molecule has 3 aromatic heterocycles. The summed E-state index contributed by atoms with van der Waals surface area (Å²) < 4.78 is 5.17. The third-order valence-corrected chi connectivity index (χ3v) is 3.64. The van der Waals surface area contributed by atoms with Gasteiger partial charge in [-0.15, -0.1) is 5.10 Å². The fourth-order valence-electron chi connectivity index (χ4n) is 1.83. The van der Waals surface area contributed by atoms with Crippen LogP contribution in [0.2, 0.25) is 0 Å². The maximum absolute atomic E-state index is 11.7. The number of nitrogens with zero attached hydrogens (tertiary/aromatic N) is 4. The Morgan fingerprint density at radius 1 is 1.32 bits per heavy atom. The number of aromatic amines is 2. The number of aromatic nitrogens is 6. The Hall–Kier alpha value is -2.29. The van der Waals surface area contributed by atoms with Crippen LogP contribution in [-0.2, 0) is 13.5 Å². The van der Waals surface area contributed by atoms with E-state index < -0.39 is 11.2 Å². The molecule has 0 amide bonds. The number of H-pyrrole nitrogens is 2. The van der Waals surface area contributed by atoms with Crippen molar-refractivity contribution < 1.29 is 0 Å². The fraction of sp³-hybridized carbons (Fsp3) is 0.300. The standard InChI is InChI=1S/C10H10N6O2S/c1-3-4-6(19-15-14-4)7-11-5-8(12-7)16(2)10(18)13-9(5)17/h3H2,1-2H3,(H,11,12)(H,13,17,18). The smallest absolute Gasteiger partial charge is 0.329 e. The molecule has 2 N–H and O–H groups in total. The monoisotopic (exact) mass is 278 g/mol. The Labute approximate surface area is 110 Å². The first-order chi connectivity index (χ1) is 9.11. The summed E-state index contributed by atoms with van der Waals surface area (Å²) >= 11 is 1.20. The van der Waals surface area contributed by atoms with Crippen LogP contribution in [0, 0.1) is 0 Å². The number of aryl methyl sites for hydroxylation is 2. The topological polar surface area (TPSA) is 109 Å². The summed E-state index contributed by atoms with van der Waals surface area (Å²) in [5.74, 6) is 0.508. The molecule has 0 unspecified atom stereocenters. The van der Waals surface area contributed by atoms with Crippen molar-refractivity contribution >= 4 is 22.7 Å². The molecule has 9 heteroatoms. The minimum atomic E-state index is -0.492. The number of hydrogen-bond acceptors (Lipinski definition) is 6. The molecule has 98 valence electrons. The van der Waals surface area contributed by atoms with Gasteiger partial charge in [0, 0.05) is 7.05 Å². The van der Waals surface area contributed by atoms with Crippen LogP contribution in [0.3, 0.4) is 0 Å². The van der Waals surface area contributed by atoms with E-state index in [0.717, 1.165) is 17.0 Å². The lowest BCUT2D eigenvalue weighted by Crippen LogP contribution is -2.28. The molecule has 0 bridgehead atoms. The van der Waals surface area contributed by atoms with Gasteiger partial charge in [0.1, 0.15) is 10.4 Å². The van der Waals surface area contributed by atoms with Crippen LogP contribution in [0.1, 0.15) is 12.6 Å². The van der Waals surface area contributed by atoms with Gasteiger partial charge in [0.25, 0.3) is 5.56 Å². The highest BCUT2D eigenvalue weighted by Crippen LogP contribution is 2.24. The number of hydrogen-bond donors (Lipinski definition) is 2. The second kappa shape index (κ2) is 4.12. The van der Waals surface area contributed by atoms with Crippen molar-refractivity contribution in [1.29, 1.82) is 0 Å². The molecule has 3 rings (SSSR count). The molecular formula is C10H10N6O2S. The Kier molecular flexibility index (Phi) is 2.56. The van der Waals surface area contributed by atoms with Crippen LogP contribution < -0.4 is 11.2 Å². The second-order valence-electron chi connectivity index (χ2n) is 4.00. The predicted octanol–water partition coefficient (Wildman–Crippen LogP) is 0.0308. The summed E-state index contributed by atoms with van der Waals surface area (Å²) in [6, 6.07) is 0. The summed E-state index contributed by atoms with van der Waals surface area (Å²) in [7, 11) is 1.55. The van der Waals surface area contributed by atoms with E-state index in [2.05, 4.69) is 24.5 Å². The molecule has 8 nitrogen and oxygen atoms in total. The van der Waals surface area contributed by atoms with Gasteiger partial charge in [0.2, 0.25) is 0 Å². The molecule has 0 aliphatic rings. The SMILES string of the molecule is CCc1nnsc1-c1nc2c([nH]1)c(=O)[nH]c(=O)n2C. The normalized spacial score (nSPS) is 11.3. The maximum atomic E-state index is 11.7. The number of fused-ring (bicyclic) bond motifs is 1. The third-order valence-electron chi connectivity index (χ3n) is 2.86. The molecule has 0 fully saturated rings. The first kappa shape index (κ1) is 11.8. The molecule has 3 heterocycles. The van der Waals surface area contributed by atoms with Gasteiger partial charge in [-0.05, 0) is 18.0 Å². The predicted molar refractivity (Wildman–Crippen MR) is 70.2 cm³/mol. The van der Waals surface area contributed by atoms with Crippen LogP contribution in [0.5, 0.6) is 0 Å². The lowest BCUT2D eigenvalue weighted by Gasteiger charge is -1.94. The summed E-state index contributed by atoms with van der Waals surface area (Å²) in [5, 5.41) is 4.00. The highest BCUT2D eigenvalue weighted by Gasteiger charge is 2.16. The highest BCUT2D eigenvalue weighted by atomic mass is 32.1. The van der Waals surface area contributed by atoms with Crippen LogP contribution in [-0.4, -0.2) is 29.1 Å². The molecule has 0 atom stereocenters. The van der Waals surface area contributed by atoms with E-state index in [1.807, 2.05) is 6.92 Å². The quantitative estimate of drug-likeness (QED) is 0.687. The van der Waals surface area contributed by atoms with E-state index in [9.17, 15) is 9.59 Å². The van der Waals surface area contributed by atoms with E-state index >= 15 is 0 Å². The van der Waals surface area contributed by atoms with E-state index in [0.29, 0.717) is 11.5 Å². The lowest BCUT2D eigenvalue weighted by molar-refractivity contribution is 0.832. The van der Waals surface area contributed by atoms with Crippen molar-refractivity contribution in [2.24, 2.45) is 7.05 Å². The molecule has 3 aromatic rings. The fourth-order valence-corrected chi connectivity index (χ4v) is 2.53. The zero-order valence-corrected chi connectivity index (χ0v) is 11.0. The van der Waals surface area contributed by atoms with Gasteiger partial charge in [0.15, 0.2) is 11.5 Å². The van der Waals surface area contributed by atoms with Crippen LogP contribution in [0.4, 0.5) is 0 Å². The molecular weight excluding hydrogens is 268 g/mol. The average Bonchev–Trinajstić information content (AvgIpc) is 3.01. The molecule has 0 aliphatic heterocycles. The van der Waals surface area contributed by atoms with Crippen molar-refractivity contribution in [3.8, 4) is 10.7 Å². The van der Waals surface area contributed by atoms with E-state index in [4.69, 9.17) is 0 Å². The highest BCUT2D eigenvalue weighted by molar-refractivity contribution is 7.09. The van der Waals surface area contributed by atoms with E-state index in [1.54, 1.807) is 7.05 Å². The Morgan fingerprint density at radius 2 is 2.11 bits per heavy atom. The van der Waals surface area contributed by atoms with Gasteiger partial charge in [-0.25, -0.2) is 9.78 Å². The van der Waals surface area contributed by atoms with Gasteiger partial charge < -0.3 is 4.98 Å². The first-order valence-electron chi connectivity index (χ1n) is 5.62. The molecule has 19 heavy (non-hydrogen) atoms. The summed E-state index contributed by atoms with van der Waals surface area (Å²) in [6.45, 7) is 1.96. The molecule has 0 spiro atoms. The van der Waals surface area contributed by atoms with Crippen molar-refractivity contribution in [3.63, 3.8) is 0 Å². The maximum Gasteiger partial charge on any atom is 0.329 e. The van der Waals surface area contributed by atoms with Gasteiger partial charge >= 0.3 is 5.69 Å². The summed E-state index contributed by atoms with van der Waals surface area (Å²) in [5.41, 5.74) is 0.429. The van der Waals surface area contributed by atoms with Gasteiger partial charge in [-0.1, -0.05) is 11.4 Å². The first-order valence-corrected chi connectivity index (χ1v) is 6.39. The Bertz CT molecular complexity index is 870. The average molecular weight is 278 g/mol. The number of imidazole rings is 1. The van der Waals surface area contributed by atoms with Crippen molar-refractivity contribution in [2.75, 3.05) is 0 Å². The Morgan fingerprint density at radius 3 is 2.84 bits per heavy atom. The van der Waals surface area contributed by atoms with Gasteiger partial charge in [0.05, 0.1) is 5.69 Å². The molecule has 0 radical (unpaired) electrons. The molecule has 0 saturated heterocycles. The largest absolute Gasteiger partial charge is 0.331 e. The summed E-state index contributed by atoms with van der Waals surface area (Å²) in [4.78, 5) is 33.5. The minimum absolute atomic E-state index is 0.271. The minimum Gasteiger partial charge on any atom is -0.331 e. The number of rotatable bonds is 2. The number of nitrogens with one attached hydrogen (secondary N) is 2. The van der Waals surface area contributed by atoms with Crippen LogP contribution >= 0.6 is 11.5 Å². The van der Waals surface area contributed by atoms with E-state index in [-0.39, 0.29) is 5.52 Å². The van der Waals surface area contributed by atoms with Crippen molar-refractivity contribution in [3.05, 3.63) is 26.5 Å². The van der Waals surface area contributed by atoms with Gasteiger partial charge in [-0.2, -0.15) is 0 Å². The van der Waals surface area contributed by atoms with E-state index in [1.165, 1.54) is 16.1 Å². The third kappa shape index (κ3) is 1.70. The molecule has 0 saturated carbocycles. The van der Waals surface area contributed by atoms with Crippen molar-refractivity contribution in [2.45, 2.75) is 13.3 Å². The molecule has 0 aromatic carbocycles. The zero-order valence-electron chi connectivity index (χ0n) is 10.2. The molecule has 0 aliphatic carbocycles. The van der Waals surface area contributed by atoms with Gasteiger partial charge in [-0.3, -0.25) is 14.3 Å².